The Labute approximate surface area is 213 Å². The summed E-state index contributed by atoms with van der Waals surface area (Å²) in [7, 11) is 5.15. The van der Waals surface area contributed by atoms with Gasteiger partial charge in [-0.2, -0.15) is 5.10 Å². The summed E-state index contributed by atoms with van der Waals surface area (Å²) in [5, 5.41) is 5.43. The van der Waals surface area contributed by atoms with E-state index in [1.54, 1.807) is 47.4 Å². The Morgan fingerprint density at radius 3 is 2.49 bits per heavy atom. The van der Waals surface area contributed by atoms with Crippen LogP contribution < -0.4 is 10.4 Å². The number of pyridine rings is 2. The van der Waals surface area contributed by atoms with E-state index in [0.717, 1.165) is 33.2 Å². The van der Waals surface area contributed by atoms with Crippen LogP contribution in [0.3, 0.4) is 0 Å². The van der Waals surface area contributed by atoms with E-state index in [-0.39, 0.29) is 18.1 Å². The second-order valence-corrected chi connectivity index (χ2v) is 9.18. The van der Waals surface area contributed by atoms with Crippen LogP contribution in [0.2, 0.25) is 0 Å². The summed E-state index contributed by atoms with van der Waals surface area (Å²) in [6.07, 6.45) is 3.50. The third kappa shape index (κ3) is 4.04. The second kappa shape index (κ2) is 9.20. The van der Waals surface area contributed by atoms with E-state index in [9.17, 15) is 9.59 Å². The summed E-state index contributed by atoms with van der Waals surface area (Å²) in [6, 6.07) is 9.77. The van der Waals surface area contributed by atoms with Crippen molar-refractivity contribution in [3.05, 3.63) is 64.6 Å². The lowest BCUT2D eigenvalue weighted by atomic mass is 10.0. The number of hydrogen-bond donors (Lipinski definition) is 0. The average molecular weight is 500 g/mol. The van der Waals surface area contributed by atoms with Gasteiger partial charge in [-0.1, -0.05) is 6.07 Å². The van der Waals surface area contributed by atoms with Gasteiger partial charge in [0.05, 0.1) is 46.4 Å². The molecule has 37 heavy (non-hydrogen) atoms. The number of aryl methyl sites for hydroxylation is 2. The van der Waals surface area contributed by atoms with Gasteiger partial charge in [-0.25, -0.2) is 9.78 Å². The highest BCUT2D eigenvalue weighted by atomic mass is 16.5. The molecule has 4 heterocycles. The van der Waals surface area contributed by atoms with Crippen LogP contribution in [-0.2, 0) is 18.4 Å². The minimum Gasteiger partial charge on any atom is -0.478 e. The normalized spacial score (nSPS) is 11.4. The smallest absolute Gasteiger partial charge is 0.333 e. The predicted molar refractivity (Wildman–Crippen MR) is 142 cm³/mol. The number of carbonyl (C=O) groups excluding carboxylic acids is 1. The Morgan fingerprint density at radius 2 is 1.81 bits per heavy atom. The first kappa shape index (κ1) is 24.2. The van der Waals surface area contributed by atoms with Gasteiger partial charge < -0.3 is 9.64 Å². The van der Waals surface area contributed by atoms with Gasteiger partial charge in [0.25, 0.3) is 0 Å². The number of aromatic nitrogens is 6. The number of imidazole rings is 1. The van der Waals surface area contributed by atoms with Crippen LogP contribution in [0.5, 0.6) is 5.88 Å². The number of nitrogens with zero attached hydrogens (tertiary/aromatic N) is 7. The molecule has 10 nitrogen and oxygen atoms in total. The summed E-state index contributed by atoms with van der Waals surface area (Å²) in [5.74, 6) is 0.495. The SMILES string of the molecule is CCOc1ccc(-c2ccc3ncc4c(c3c2)n(-c2c(C)nn(CC(=O)N(C)C)c2C)c(=O)n4C)cn1. The Balaban J connectivity index is 1.74. The van der Waals surface area contributed by atoms with Gasteiger partial charge in [-0.3, -0.25) is 23.6 Å². The van der Waals surface area contributed by atoms with Crippen LogP contribution in [0, 0.1) is 13.8 Å². The van der Waals surface area contributed by atoms with Gasteiger partial charge in [0.1, 0.15) is 6.54 Å². The van der Waals surface area contributed by atoms with E-state index < -0.39 is 0 Å². The summed E-state index contributed by atoms with van der Waals surface area (Å²) >= 11 is 0. The third-order valence-corrected chi connectivity index (χ3v) is 6.60. The molecular weight excluding hydrogens is 470 g/mol. The van der Waals surface area contributed by atoms with Crippen molar-refractivity contribution in [3.8, 4) is 22.7 Å². The predicted octanol–water partition coefficient (Wildman–Crippen LogP) is 3.24. The van der Waals surface area contributed by atoms with Crippen molar-refractivity contribution in [1.29, 1.82) is 0 Å². The molecule has 0 aliphatic carbocycles. The molecule has 0 atom stereocenters. The standard InChI is InChI=1S/C27H29N7O3/c1-7-37-23-11-9-19(13-29-23)18-8-10-21-20(12-18)26-22(14-28-21)32(6)27(36)34(26)25-16(2)30-33(17(25)3)15-24(35)31(4)5/h8-14H,7,15H2,1-6H3. The van der Waals surface area contributed by atoms with Crippen molar-refractivity contribution < 1.29 is 9.53 Å². The van der Waals surface area contributed by atoms with Crippen LogP contribution in [0.4, 0.5) is 0 Å². The topological polar surface area (TPSA) is 100 Å². The lowest BCUT2D eigenvalue weighted by molar-refractivity contribution is -0.129. The maximum absolute atomic E-state index is 13.6. The summed E-state index contributed by atoms with van der Waals surface area (Å²) in [4.78, 5) is 36.5. The minimum atomic E-state index is -0.206. The maximum atomic E-state index is 13.6. The highest BCUT2D eigenvalue weighted by Crippen LogP contribution is 2.31. The fraction of sp³-hybridized carbons (Fsp3) is 0.296. The van der Waals surface area contributed by atoms with Crippen LogP contribution in [-0.4, -0.2) is 60.4 Å². The van der Waals surface area contributed by atoms with Crippen LogP contribution >= 0.6 is 0 Å². The zero-order valence-corrected chi connectivity index (χ0v) is 21.8. The van der Waals surface area contributed by atoms with Gasteiger partial charge in [0, 0.05) is 44.4 Å². The zero-order chi connectivity index (χ0) is 26.4. The van der Waals surface area contributed by atoms with E-state index >= 15 is 0 Å². The van der Waals surface area contributed by atoms with Gasteiger partial charge in [-0.05, 0) is 44.5 Å². The number of carbonyl (C=O) groups is 1. The van der Waals surface area contributed by atoms with E-state index in [0.29, 0.717) is 29.4 Å². The lowest BCUT2D eigenvalue weighted by Crippen LogP contribution is -2.27. The lowest BCUT2D eigenvalue weighted by Gasteiger charge is -2.11. The molecule has 1 aromatic carbocycles. The summed E-state index contributed by atoms with van der Waals surface area (Å²) in [6.45, 7) is 6.30. The Kier molecular flexibility index (Phi) is 6.02. The molecule has 0 bridgehead atoms. The molecule has 10 heteroatoms. The molecule has 0 spiro atoms. The average Bonchev–Trinajstić information content (AvgIpc) is 3.30. The van der Waals surface area contributed by atoms with E-state index in [1.165, 1.54) is 4.90 Å². The Hall–Kier alpha value is -4.47. The van der Waals surface area contributed by atoms with Crippen molar-refractivity contribution in [2.45, 2.75) is 27.3 Å². The molecule has 0 saturated heterocycles. The molecule has 0 aliphatic heterocycles. The van der Waals surface area contributed by atoms with Gasteiger partial charge in [0.15, 0.2) is 0 Å². The molecule has 1 amide bonds. The molecule has 0 aliphatic rings. The van der Waals surface area contributed by atoms with Gasteiger partial charge in [0.2, 0.25) is 11.8 Å². The number of ether oxygens (including phenoxy) is 1. The molecule has 5 rings (SSSR count). The monoisotopic (exact) mass is 499 g/mol. The van der Waals surface area contributed by atoms with Crippen LogP contribution in [0.25, 0.3) is 38.8 Å². The van der Waals surface area contributed by atoms with E-state index in [2.05, 4.69) is 15.1 Å². The van der Waals surface area contributed by atoms with Crippen molar-refractivity contribution >= 4 is 27.8 Å². The van der Waals surface area contributed by atoms with Crippen molar-refractivity contribution in [3.63, 3.8) is 0 Å². The highest BCUT2D eigenvalue weighted by molar-refractivity contribution is 6.04. The van der Waals surface area contributed by atoms with Crippen LogP contribution in [0.1, 0.15) is 18.3 Å². The summed E-state index contributed by atoms with van der Waals surface area (Å²) < 4.78 is 10.4. The third-order valence-electron chi connectivity index (χ3n) is 6.60. The first-order chi connectivity index (χ1) is 17.7. The number of likely N-dealkylation sites (N-methyl/N-ethyl adjacent to an activating group) is 1. The maximum Gasteiger partial charge on any atom is 0.333 e. The van der Waals surface area contributed by atoms with Gasteiger partial charge >= 0.3 is 5.69 Å². The number of benzene rings is 1. The largest absolute Gasteiger partial charge is 0.478 e. The number of fused-ring (bicyclic) bond motifs is 3. The first-order valence-corrected chi connectivity index (χ1v) is 12.0. The molecule has 0 fully saturated rings. The van der Waals surface area contributed by atoms with E-state index in [1.807, 2.05) is 51.1 Å². The molecule has 190 valence electrons. The molecular formula is C27H29N7O3. The van der Waals surface area contributed by atoms with Crippen molar-refractivity contribution in [2.24, 2.45) is 7.05 Å². The number of hydrogen-bond acceptors (Lipinski definition) is 6. The fourth-order valence-corrected chi connectivity index (χ4v) is 4.60. The highest BCUT2D eigenvalue weighted by Gasteiger charge is 2.23. The number of rotatable bonds is 6. The minimum absolute atomic E-state index is 0.0781. The fourth-order valence-electron chi connectivity index (χ4n) is 4.60. The number of amides is 1. The van der Waals surface area contributed by atoms with E-state index in [4.69, 9.17) is 4.74 Å². The molecule has 4 aromatic heterocycles. The molecule has 5 aromatic rings. The zero-order valence-electron chi connectivity index (χ0n) is 21.8. The molecule has 0 saturated carbocycles. The summed E-state index contributed by atoms with van der Waals surface area (Å²) in [5.41, 5.74) is 5.94. The molecule has 0 radical (unpaired) electrons. The molecule has 0 unspecified atom stereocenters. The van der Waals surface area contributed by atoms with Crippen molar-refractivity contribution in [1.82, 2.24) is 33.8 Å². The van der Waals surface area contributed by atoms with Crippen molar-refractivity contribution in [2.75, 3.05) is 20.7 Å². The quantitative estimate of drug-likeness (QED) is 0.356. The molecule has 0 N–H and O–H groups in total. The first-order valence-electron chi connectivity index (χ1n) is 12.0. The Morgan fingerprint density at radius 1 is 1.05 bits per heavy atom. The van der Waals surface area contributed by atoms with Crippen LogP contribution in [0.15, 0.2) is 47.5 Å². The van der Waals surface area contributed by atoms with Gasteiger partial charge in [-0.15, -0.1) is 0 Å². The Bertz CT molecular complexity index is 1710. The second-order valence-electron chi connectivity index (χ2n) is 9.18.